The Labute approximate surface area is 136 Å². The Balaban J connectivity index is 1.80. The van der Waals surface area contributed by atoms with Crippen molar-refractivity contribution in [3.05, 3.63) is 28.2 Å². The van der Waals surface area contributed by atoms with Crippen molar-refractivity contribution >= 4 is 15.9 Å². The molecule has 1 aromatic carbocycles. The molecule has 2 rings (SSSR count). The molecule has 4 heteroatoms. The van der Waals surface area contributed by atoms with Gasteiger partial charge in [-0.2, -0.15) is 0 Å². The highest BCUT2D eigenvalue weighted by Crippen LogP contribution is 2.27. The molecule has 0 radical (unpaired) electrons. The van der Waals surface area contributed by atoms with Crippen LogP contribution in [0.4, 0.5) is 0 Å². The van der Waals surface area contributed by atoms with Crippen LogP contribution in [0.15, 0.2) is 22.7 Å². The lowest BCUT2D eigenvalue weighted by Crippen LogP contribution is -2.21. The van der Waals surface area contributed by atoms with E-state index in [-0.39, 0.29) is 0 Å². The molecule has 1 N–H and O–H groups in total. The number of nitrogens with one attached hydrogen (secondary N) is 1. The van der Waals surface area contributed by atoms with Gasteiger partial charge < -0.3 is 14.8 Å². The van der Waals surface area contributed by atoms with E-state index in [9.17, 15) is 0 Å². The van der Waals surface area contributed by atoms with E-state index in [1.54, 1.807) is 0 Å². The van der Waals surface area contributed by atoms with Crippen LogP contribution < -0.4 is 10.1 Å². The summed E-state index contributed by atoms with van der Waals surface area (Å²) in [6.07, 6.45) is 2.21. The molecule has 1 heterocycles. The Morgan fingerprint density at radius 1 is 1.33 bits per heavy atom. The van der Waals surface area contributed by atoms with Crippen LogP contribution in [0.5, 0.6) is 5.75 Å². The van der Waals surface area contributed by atoms with Crippen LogP contribution in [0.1, 0.15) is 32.3 Å². The Bertz CT molecular complexity index is 431. The van der Waals surface area contributed by atoms with E-state index >= 15 is 0 Å². The fraction of sp³-hybridized carbons (Fsp3) is 0.647. The predicted octanol–water partition coefficient (Wildman–Crippen LogP) is 4.00. The molecule has 0 atom stereocenters. The van der Waals surface area contributed by atoms with Crippen molar-refractivity contribution in [1.82, 2.24) is 5.32 Å². The lowest BCUT2D eigenvalue weighted by atomic mass is 10.0. The number of ether oxygens (including phenoxy) is 2. The van der Waals surface area contributed by atoms with Crippen LogP contribution in [0.3, 0.4) is 0 Å². The molecule has 0 saturated carbocycles. The van der Waals surface area contributed by atoms with E-state index < -0.39 is 0 Å². The highest BCUT2D eigenvalue weighted by molar-refractivity contribution is 9.10. The fourth-order valence-electron chi connectivity index (χ4n) is 2.40. The Morgan fingerprint density at radius 2 is 2.10 bits per heavy atom. The highest BCUT2D eigenvalue weighted by atomic mass is 79.9. The molecular formula is C17H26BrNO2. The monoisotopic (exact) mass is 355 g/mol. The maximum absolute atomic E-state index is 5.95. The maximum Gasteiger partial charge on any atom is 0.133 e. The summed E-state index contributed by atoms with van der Waals surface area (Å²) >= 11 is 3.62. The van der Waals surface area contributed by atoms with Gasteiger partial charge in [-0.3, -0.25) is 0 Å². The van der Waals surface area contributed by atoms with E-state index in [1.807, 2.05) is 0 Å². The van der Waals surface area contributed by atoms with E-state index in [2.05, 4.69) is 53.3 Å². The summed E-state index contributed by atoms with van der Waals surface area (Å²) in [4.78, 5) is 0. The SMILES string of the molecule is CC(C)CNCc1ccc(OCC2CCOCC2)c(Br)c1. The Kier molecular flexibility index (Phi) is 7.00. The number of halogens is 1. The largest absolute Gasteiger partial charge is 0.492 e. The van der Waals surface area contributed by atoms with Gasteiger partial charge in [0.1, 0.15) is 5.75 Å². The first kappa shape index (κ1) is 16.8. The van der Waals surface area contributed by atoms with Gasteiger partial charge in [0, 0.05) is 19.8 Å². The zero-order chi connectivity index (χ0) is 15.1. The van der Waals surface area contributed by atoms with E-state index in [0.29, 0.717) is 11.8 Å². The first-order valence-electron chi connectivity index (χ1n) is 7.85. The first-order valence-corrected chi connectivity index (χ1v) is 8.64. The molecule has 0 spiro atoms. The van der Waals surface area contributed by atoms with Gasteiger partial charge in [-0.15, -0.1) is 0 Å². The lowest BCUT2D eigenvalue weighted by Gasteiger charge is -2.22. The highest BCUT2D eigenvalue weighted by Gasteiger charge is 2.15. The zero-order valence-corrected chi connectivity index (χ0v) is 14.6. The van der Waals surface area contributed by atoms with Gasteiger partial charge in [-0.1, -0.05) is 19.9 Å². The molecule has 118 valence electrons. The van der Waals surface area contributed by atoms with Gasteiger partial charge in [-0.25, -0.2) is 0 Å². The third-order valence-electron chi connectivity index (χ3n) is 3.69. The van der Waals surface area contributed by atoms with E-state index in [4.69, 9.17) is 9.47 Å². The summed E-state index contributed by atoms with van der Waals surface area (Å²) in [6.45, 7) is 8.90. The quantitative estimate of drug-likeness (QED) is 0.801. The van der Waals surface area contributed by atoms with Crippen molar-refractivity contribution < 1.29 is 9.47 Å². The molecule has 1 aliphatic heterocycles. The van der Waals surface area contributed by atoms with Crippen molar-refractivity contribution in [3.8, 4) is 5.75 Å². The fourth-order valence-corrected chi connectivity index (χ4v) is 2.94. The number of rotatable bonds is 7. The lowest BCUT2D eigenvalue weighted by molar-refractivity contribution is 0.0496. The molecule has 21 heavy (non-hydrogen) atoms. The molecule has 3 nitrogen and oxygen atoms in total. The summed E-state index contributed by atoms with van der Waals surface area (Å²) < 4.78 is 12.4. The predicted molar refractivity (Wildman–Crippen MR) is 89.7 cm³/mol. The summed E-state index contributed by atoms with van der Waals surface area (Å²) in [7, 11) is 0. The smallest absolute Gasteiger partial charge is 0.133 e. The molecular weight excluding hydrogens is 330 g/mol. The number of hydrogen-bond acceptors (Lipinski definition) is 3. The van der Waals surface area contributed by atoms with Crippen molar-refractivity contribution in [2.75, 3.05) is 26.4 Å². The summed E-state index contributed by atoms with van der Waals surface area (Å²) in [6, 6.07) is 6.35. The van der Waals surface area contributed by atoms with Crippen LogP contribution in [0, 0.1) is 11.8 Å². The third-order valence-corrected chi connectivity index (χ3v) is 4.31. The minimum Gasteiger partial charge on any atom is -0.492 e. The molecule has 1 aromatic rings. The molecule has 1 saturated heterocycles. The molecule has 1 fully saturated rings. The third kappa shape index (κ3) is 5.97. The van der Waals surface area contributed by atoms with Crippen molar-refractivity contribution in [2.24, 2.45) is 11.8 Å². The zero-order valence-electron chi connectivity index (χ0n) is 13.0. The molecule has 0 amide bonds. The van der Waals surface area contributed by atoms with Gasteiger partial charge >= 0.3 is 0 Å². The van der Waals surface area contributed by atoms with E-state index in [1.165, 1.54) is 5.56 Å². The minimum absolute atomic E-state index is 0.623. The molecule has 0 unspecified atom stereocenters. The van der Waals surface area contributed by atoms with Gasteiger partial charge in [0.25, 0.3) is 0 Å². The van der Waals surface area contributed by atoms with Crippen LogP contribution in [0.25, 0.3) is 0 Å². The van der Waals surface area contributed by atoms with Gasteiger partial charge in [0.05, 0.1) is 11.1 Å². The topological polar surface area (TPSA) is 30.5 Å². The van der Waals surface area contributed by atoms with Crippen LogP contribution >= 0.6 is 15.9 Å². The average molecular weight is 356 g/mol. The number of benzene rings is 1. The maximum atomic E-state index is 5.95. The van der Waals surface area contributed by atoms with Crippen LogP contribution in [-0.2, 0) is 11.3 Å². The van der Waals surface area contributed by atoms with Crippen molar-refractivity contribution in [3.63, 3.8) is 0 Å². The van der Waals surface area contributed by atoms with Crippen LogP contribution in [0.2, 0.25) is 0 Å². The normalized spacial score (nSPS) is 16.4. The molecule has 0 aromatic heterocycles. The Morgan fingerprint density at radius 3 is 2.76 bits per heavy atom. The van der Waals surface area contributed by atoms with Gasteiger partial charge in [0.15, 0.2) is 0 Å². The van der Waals surface area contributed by atoms with Gasteiger partial charge in [0.2, 0.25) is 0 Å². The minimum atomic E-state index is 0.623. The molecule has 0 bridgehead atoms. The van der Waals surface area contributed by atoms with Crippen molar-refractivity contribution in [1.29, 1.82) is 0 Å². The van der Waals surface area contributed by atoms with E-state index in [0.717, 1.165) is 56.0 Å². The summed E-state index contributed by atoms with van der Waals surface area (Å²) in [5.41, 5.74) is 1.28. The second-order valence-corrected chi connectivity index (χ2v) is 7.01. The number of hydrogen-bond donors (Lipinski definition) is 1. The van der Waals surface area contributed by atoms with Crippen molar-refractivity contribution in [2.45, 2.75) is 33.2 Å². The average Bonchev–Trinajstić information content (AvgIpc) is 2.47. The van der Waals surface area contributed by atoms with Crippen LogP contribution in [-0.4, -0.2) is 26.4 Å². The second kappa shape index (κ2) is 8.76. The molecule has 0 aliphatic carbocycles. The second-order valence-electron chi connectivity index (χ2n) is 6.16. The van der Waals surface area contributed by atoms with Gasteiger partial charge in [-0.05, 0) is 64.8 Å². The Hall–Kier alpha value is -0.580. The first-order chi connectivity index (χ1) is 10.1. The summed E-state index contributed by atoms with van der Waals surface area (Å²) in [5, 5.41) is 3.46. The summed E-state index contributed by atoms with van der Waals surface area (Å²) in [5.74, 6) is 2.24. The standard InChI is InChI=1S/C17H26BrNO2/c1-13(2)10-19-11-15-3-4-17(16(18)9-15)21-12-14-5-7-20-8-6-14/h3-4,9,13-14,19H,5-8,10-12H2,1-2H3. The molecule has 1 aliphatic rings.